The Bertz CT molecular complexity index is 759. The fraction of sp³-hybridized carbons (Fsp3) is 0.333. The first kappa shape index (κ1) is 15.6. The van der Waals surface area contributed by atoms with E-state index < -0.39 is 10.0 Å². The Morgan fingerprint density at radius 3 is 2.82 bits per heavy atom. The highest BCUT2D eigenvalue weighted by Gasteiger charge is 2.36. The molecule has 1 N–H and O–H groups in total. The van der Waals surface area contributed by atoms with Gasteiger partial charge in [-0.15, -0.1) is 0 Å². The van der Waals surface area contributed by atoms with Gasteiger partial charge in [-0.1, -0.05) is 0 Å². The van der Waals surface area contributed by atoms with Gasteiger partial charge in [-0.2, -0.15) is 4.31 Å². The number of hydrogen-bond acceptors (Lipinski definition) is 3. The minimum Gasteiger partial charge on any atom is -0.496 e. The average molecular weight is 385 g/mol. The van der Waals surface area contributed by atoms with E-state index in [0.717, 1.165) is 18.5 Å². The first-order valence-corrected chi connectivity index (χ1v) is 9.26. The molecule has 1 fully saturated rings. The monoisotopic (exact) mass is 384 g/mol. The molecular weight excluding hydrogens is 368 g/mol. The Morgan fingerprint density at radius 1 is 1.36 bits per heavy atom. The lowest BCUT2D eigenvalue weighted by Gasteiger charge is -2.23. The molecule has 1 aromatic heterocycles. The van der Waals surface area contributed by atoms with E-state index in [1.165, 1.54) is 0 Å². The summed E-state index contributed by atoms with van der Waals surface area (Å²) in [5.41, 5.74) is 0.939. The van der Waals surface area contributed by atoms with Gasteiger partial charge >= 0.3 is 0 Å². The molecule has 5 nitrogen and oxygen atoms in total. The molecule has 0 radical (unpaired) electrons. The third-order valence-corrected chi connectivity index (χ3v) is 6.44. The largest absolute Gasteiger partial charge is 0.496 e. The van der Waals surface area contributed by atoms with E-state index in [1.54, 1.807) is 29.6 Å². The summed E-state index contributed by atoms with van der Waals surface area (Å²) in [6, 6.07) is 8.55. The van der Waals surface area contributed by atoms with Crippen LogP contribution < -0.4 is 4.74 Å². The van der Waals surface area contributed by atoms with Crippen LogP contribution >= 0.6 is 15.9 Å². The molecule has 0 bridgehead atoms. The van der Waals surface area contributed by atoms with Crippen molar-refractivity contribution in [1.82, 2.24) is 9.29 Å². The van der Waals surface area contributed by atoms with Crippen molar-refractivity contribution in [3.63, 3.8) is 0 Å². The zero-order chi connectivity index (χ0) is 15.7. The van der Waals surface area contributed by atoms with Gasteiger partial charge in [0, 0.05) is 18.4 Å². The fourth-order valence-corrected chi connectivity index (χ4v) is 5.23. The predicted molar refractivity (Wildman–Crippen MR) is 87.4 cm³/mol. The van der Waals surface area contributed by atoms with E-state index in [-0.39, 0.29) is 10.9 Å². The van der Waals surface area contributed by atoms with Crippen molar-refractivity contribution in [2.45, 2.75) is 23.8 Å². The van der Waals surface area contributed by atoms with Crippen molar-refractivity contribution in [1.29, 1.82) is 0 Å². The van der Waals surface area contributed by atoms with Crippen LogP contribution in [0.5, 0.6) is 5.75 Å². The van der Waals surface area contributed by atoms with Gasteiger partial charge in [0.25, 0.3) is 0 Å². The number of hydrogen-bond donors (Lipinski definition) is 1. The molecule has 1 aliphatic rings. The van der Waals surface area contributed by atoms with Gasteiger partial charge in [0.15, 0.2) is 0 Å². The number of aromatic nitrogens is 1. The zero-order valence-electron chi connectivity index (χ0n) is 12.1. The fourth-order valence-electron chi connectivity index (χ4n) is 2.83. The molecule has 0 amide bonds. The van der Waals surface area contributed by atoms with Crippen molar-refractivity contribution in [3.05, 3.63) is 46.7 Å². The van der Waals surface area contributed by atoms with Crippen molar-refractivity contribution in [2.75, 3.05) is 13.7 Å². The molecule has 3 rings (SSSR count). The number of H-pyrrole nitrogens is 1. The van der Waals surface area contributed by atoms with Crippen molar-refractivity contribution in [3.8, 4) is 5.75 Å². The van der Waals surface area contributed by atoms with Crippen LogP contribution in [0.15, 0.2) is 45.9 Å². The molecule has 1 aromatic carbocycles. The van der Waals surface area contributed by atoms with Crippen LogP contribution in [0.3, 0.4) is 0 Å². The molecule has 22 heavy (non-hydrogen) atoms. The van der Waals surface area contributed by atoms with Crippen LogP contribution in [0.1, 0.15) is 24.6 Å². The predicted octanol–water partition coefficient (Wildman–Crippen LogP) is 3.31. The maximum absolute atomic E-state index is 12.9. The molecular formula is C15H17BrN2O3S. The van der Waals surface area contributed by atoms with Gasteiger partial charge in [0.05, 0.1) is 22.5 Å². The van der Waals surface area contributed by atoms with Gasteiger partial charge in [-0.05, 0) is 59.1 Å². The summed E-state index contributed by atoms with van der Waals surface area (Å²) in [7, 11) is -1.98. The minimum absolute atomic E-state index is 0.124. The maximum atomic E-state index is 12.9. The number of nitrogens with zero attached hydrogens (tertiary/aromatic N) is 1. The van der Waals surface area contributed by atoms with Gasteiger partial charge in [-0.3, -0.25) is 0 Å². The highest BCUT2D eigenvalue weighted by molar-refractivity contribution is 9.10. The summed E-state index contributed by atoms with van der Waals surface area (Å²) in [5.74, 6) is 0.612. The molecule has 0 aliphatic carbocycles. The molecule has 118 valence electrons. The lowest BCUT2D eigenvalue weighted by atomic mass is 10.2. The lowest BCUT2D eigenvalue weighted by molar-refractivity contribution is 0.391. The topological polar surface area (TPSA) is 62.4 Å². The minimum atomic E-state index is -3.53. The number of nitrogens with one attached hydrogen (secondary N) is 1. The maximum Gasteiger partial charge on any atom is 0.243 e. The third-order valence-electron chi connectivity index (χ3n) is 3.91. The van der Waals surface area contributed by atoms with Crippen molar-refractivity contribution >= 4 is 26.0 Å². The summed E-state index contributed by atoms with van der Waals surface area (Å²) in [6.45, 7) is 0.537. The Balaban J connectivity index is 1.97. The number of sulfonamides is 1. The van der Waals surface area contributed by atoms with E-state index in [0.29, 0.717) is 16.8 Å². The normalized spacial score (nSPS) is 19.5. The average Bonchev–Trinajstić information content (AvgIpc) is 3.17. The second-order valence-corrected chi connectivity index (χ2v) is 7.94. The van der Waals surface area contributed by atoms with E-state index in [9.17, 15) is 8.42 Å². The van der Waals surface area contributed by atoms with Gasteiger partial charge in [0.1, 0.15) is 5.75 Å². The summed E-state index contributed by atoms with van der Waals surface area (Å²) in [4.78, 5) is 3.40. The third kappa shape index (κ3) is 2.68. The molecule has 1 saturated heterocycles. The van der Waals surface area contributed by atoms with E-state index in [1.807, 2.05) is 18.3 Å². The lowest BCUT2D eigenvalue weighted by Crippen LogP contribution is -2.30. The number of benzene rings is 1. The van der Waals surface area contributed by atoms with Crippen LogP contribution in [0, 0.1) is 0 Å². The zero-order valence-corrected chi connectivity index (χ0v) is 14.5. The van der Waals surface area contributed by atoms with Gasteiger partial charge in [0.2, 0.25) is 10.0 Å². The van der Waals surface area contributed by atoms with Crippen LogP contribution in [-0.4, -0.2) is 31.4 Å². The summed E-state index contributed by atoms with van der Waals surface area (Å²) >= 11 is 3.35. The number of methoxy groups -OCH3 is 1. The van der Waals surface area contributed by atoms with Crippen LogP contribution in [0.4, 0.5) is 0 Å². The van der Waals surface area contributed by atoms with Gasteiger partial charge in [-0.25, -0.2) is 8.42 Å². The van der Waals surface area contributed by atoms with Crippen molar-refractivity contribution in [2.24, 2.45) is 0 Å². The smallest absolute Gasteiger partial charge is 0.243 e. The van der Waals surface area contributed by atoms with E-state index >= 15 is 0 Å². The Hall–Kier alpha value is -1.31. The highest BCUT2D eigenvalue weighted by atomic mass is 79.9. The molecule has 2 aromatic rings. The van der Waals surface area contributed by atoms with Crippen LogP contribution in [0.2, 0.25) is 0 Å². The molecule has 0 saturated carbocycles. The first-order valence-electron chi connectivity index (χ1n) is 7.02. The van der Waals surface area contributed by atoms with Crippen LogP contribution in [0.25, 0.3) is 0 Å². The van der Waals surface area contributed by atoms with Crippen molar-refractivity contribution < 1.29 is 13.2 Å². The number of ether oxygens (including phenoxy) is 1. The summed E-state index contributed by atoms with van der Waals surface area (Å²) in [6.07, 6.45) is 3.51. The SMILES string of the molecule is COc1ccc(S(=O)(=O)N2CCCC2c2ccc[nH]2)cc1Br. The molecule has 1 aliphatic heterocycles. The first-order chi connectivity index (χ1) is 10.5. The molecule has 7 heteroatoms. The number of halogens is 1. The molecule has 2 heterocycles. The Labute approximate surface area is 138 Å². The quantitative estimate of drug-likeness (QED) is 0.879. The molecule has 0 spiro atoms. The molecule has 1 atom stereocenters. The van der Waals surface area contributed by atoms with Gasteiger partial charge < -0.3 is 9.72 Å². The Kier molecular flexibility index (Phi) is 4.29. The summed E-state index contributed by atoms with van der Waals surface area (Å²) in [5, 5.41) is 0. The second-order valence-electron chi connectivity index (χ2n) is 5.20. The second kappa shape index (κ2) is 6.06. The summed E-state index contributed by atoms with van der Waals surface area (Å²) < 4.78 is 33.3. The van der Waals surface area contributed by atoms with E-state index in [2.05, 4.69) is 20.9 Å². The van der Waals surface area contributed by atoms with Crippen LogP contribution in [-0.2, 0) is 10.0 Å². The molecule has 1 unspecified atom stereocenters. The standard InChI is InChI=1S/C15H17BrN2O3S/c1-21-15-7-6-11(10-12(15)16)22(19,20)18-9-3-5-14(18)13-4-2-8-17-13/h2,4,6-8,10,14,17H,3,5,9H2,1H3. The number of aromatic amines is 1. The highest BCUT2D eigenvalue weighted by Crippen LogP contribution is 2.37. The van der Waals surface area contributed by atoms with E-state index in [4.69, 9.17) is 4.74 Å². The Morgan fingerprint density at radius 2 is 2.18 bits per heavy atom. The number of rotatable bonds is 4.